The summed E-state index contributed by atoms with van der Waals surface area (Å²) in [5.41, 5.74) is 0. The van der Waals surface area contributed by atoms with E-state index < -0.39 is 0 Å². The van der Waals surface area contributed by atoms with Crippen molar-refractivity contribution in [2.24, 2.45) is 5.92 Å². The maximum atomic E-state index is 12.5. The third kappa shape index (κ3) is 4.23. The molecule has 1 saturated heterocycles. The smallest absolute Gasteiger partial charge is 0.224 e. The van der Waals surface area contributed by atoms with Gasteiger partial charge in [-0.3, -0.25) is 9.69 Å². The number of nitrogens with zero attached hydrogens (tertiary/aromatic N) is 4. The van der Waals surface area contributed by atoms with Gasteiger partial charge in [0.1, 0.15) is 12.1 Å². The molecule has 7 heteroatoms. The molecule has 0 radical (unpaired) electrons. The zero-order valence-electron chi connectivity index (χ0n) is 14.1. The van der Waals surface area contributed by atoms with Crippen LogP contribution in [0.3, 0.4) is 0 Å². The van der Waals surface area contributed by atoms with Gasteiger partial charge in [-0.1, -0.05) is 6.92 Å². The Balaban J connectivity index is 1.50. The lowest BCUT2D eigenvalue weighted by Gasteiger charge is -2.31. The van der Waals surface area contributed by atoms with Crippen LogP contribution in [-0.4, -0.2) is 38.7 Å². The number of hydrogen-bond acceptors (Lipinski definition) is 5. The van der Waals surface area contributed by atoms with Crippen molar-refractivity contribution in [1.82, 2.24) is 25.0 Å². The van der Waals surface area contributed by atoms with Gasteiger partial charge < -0.3 is 14.3 Å². The molecule has 3 heterocycles. The highest BCUT2D eigenvalue weighted by Crippen LogP contribution is 2.19. The van der Waals surface area contributed by atoms with Crippen LogP contribution < -0.4 is 5.32 Å². The summed E-state index contributed by atoms with van der Waals surface area (Å²) in [6.45, 7) is 5.97. The summed E-state index contributed by atoms with van der Waals surface area (Å²) in [6.07, 6.45) is 6.39. The first-order chi connectivity index (χ1) is 11.8. The summed E-state index contributed by atoms with van der Waals surface area (Å²) >= 11 is 0. The topological polar surface area (TPSA) is 76.2 Å². The molecule has 1 fully saturated rings. The van der Waals surface area contributed by atoms with Crippen LogP contribution in [0.4, 0.5) is 0 Å². The normalized spacial score (nSPS) is 18.6. The maximum Gasteiger partial charge on any atom is 0.224 e. The summed E-state index contributed by atoms with van der Waals surface area (Å²) in [5, 5.41) is 11.0. The largest absolute Gasteiger partial charge is 0.468 e. The molecule has 1 N–H and O–H groups in total. The third-order valence-corrected chi connectivity index (χ3v) is 4.42. The van der Waals surface area contributed by atoms with Gasteiger partial charge in [-0.25, -0.2) is 0 Å². The predicted octanol–water partition coefficient (Wildman–Crippen LogP) is 1.81. The van der Waals surface area contributed by atoms with Crippen LogP contribution in [0.5, 0.6) is 0 Å². The van der Waals surface area contributed by atoms with Crippen LogP contribution in [-0.2, 0) is 24.4 Å². The number of rotatable bonds is 7. The van der Waals surface area contributed by atoms with E-state index in [2.05, 4.69) is 27.3 Å². The number of amides is 1. The molecule has 0 unspecified atom stereocenters. The number of nitrogens with one attached hydrogen (secondary N) is 1. The number of carbonyl (C=O) groups excluding carboxylic acids is 1. The first-order valence-corrected chi connectivity index (χ1v) is 8.65. The summed E-state index contributed by atoms with van der Waals surface area (Å²) in [6, 6.07) is 3.88. The fourth-order valence-corrected chi connectivity index (χ4v) is 3.19. The van der Waals surface area contributed by atoms with E-state index in [-0.39, 0.29) is 11.8 Å². The molecule has 0 saturated carbocycles. The van der Waals surface area contributed by atoms with Gasteiger partial charge in [0.2, 0.25) is 5.91 Å². The van der Waals surface area contributed by atoms with Crippen LogP contribution >= 0.6 is 0 Å². The predicted molar refractivity (Wildman–Crippen MR) is 88.9 cm³/mol. The van der Waals surface area contributed by atoms with Gasteiger partial charge in [0.15, 0.2) is 5.82 Å². The molecule has 0 aliphatic carbocycles. The molecule has 1 atom stereocenters. The quantitative estimate of drug-likeness (QED) is 0.837. The second kappa shape index (κ2) is 8.10. The molecule has 24 heavy (non-hydrogen) atoms. The molecule has 1 aliphatic rings. The van der Waals surface area contributed by atoms with Crippen LogP contribution in [0.2, 0.25) is 0 Å². The summed E-state index contributed by atoms with van der Waals surface area (Å²) < 4.78 is 7.39. The molecule has 130 valence electrons. The maximum absolute atomic E-state index is 12.5. The lowest BCUT2D eigenvalue weighted by Crippen LogP contribution is -2.42. The van der Waals surface area contributed by atoms with Crippen LogP contribution in [0.15, 0.2) is 29.1 Å². The van der Waals surface area contributed by atoms with Crippen molar-refractivity contribution in [2.75, 3.05) is 13.1 Å². The van der Waals surface area contributed by atoms with E-state index in [4.69, 9.17) is 4.42 Å². The summed E-state index contributed by atoms with van der Waals surface area (Å²) in [5.74, 6) is 1.89. The number of furan rings is 1. The molecular formula is C17H25N5O2. The molecular weight excluding hydrogens is 306 g/mol. The van der Waals surface area contributed by atoms with Crippen molar-refractivity contribution in [3.05, 3.63) is 36.3 Å². The van der Waals surface area contributed by atoms with Crippen LogP contribution in [0.25, 0.3) is 0 Å². The standard InChI is InChI=1S/C17H25N5O2/c1-2-7-22-13-19-20-16(22)10-18-17(23)14-5-3-8-21(11-14)12-15-6-4-9-24-15/h4,6,9,13-14H,2-3,5,7-8,10-12H2,1H3,(H,18,23)/t14-/m0/s1. The van der Waals surface area contributed by atoms with Crippen LogP contribution in [0, 0.1) is 5.92 Å². The van der Waals surface area contributed by atoms with Gasteiger partial charge in [-0.2, -0.15) is 0 Å². The van der Waals surface area contributed by atoms with Crippen molar-refractivity contribution < 1.29 is 9.21 Å². The number of aromatic nitrogens is 3. The van der Waals surface area contributed by atoms with Crippen molar-refractivity contribution in [3.8, 4) is 0 Å². The van der Waals surface area contributed by atoms with Gasteiger partial charge in [-0.15, -0.1) is 10.2 Å². The zero-order chi connectivity index (χ0) is 16.8. The Labute approximate surface area is 142 Å². The molecule has 0 bridgehead atoms. The fraction of sp³-hybridized carbons (Fsp3) is 0.588. The average Bonchev–Trinajstić information content (AvgIpc) is 3.25. The molecule has 0 aromatic carbocycles. The molecule has 0 spiro atoms. The highest BCUT2D eigenvalue weighted by atomic mass is 16.3. The lowest BCUT2D eigenvalue weighted by molar-refractivity contribution is -0.127. The van der Waals surface area contributed by atoms with Crippen molar-refractivity contribution in [2.45, 2.75) is 45.8 Å². The van der Waals surface area contributed by atoms with Crippen molar-refractivity contribution in [1.29, 1.82) is 0 Å². The Bertz CT molecular complexity index is 637. The van der Waals surface area contributed by atoms with Crippen molar-refractivity contribution in [3.63, 3.8) is 0 Å². The Kier molecular flexibility index (Phi) is 5.63. The lowest BCUT2D eigenvalue weighted by atomic mass is 9.97. The monoisotopic (exact) mass is 331 g/mol. The number of aryl methyl sites for hydroxylation is 1. The summed E-state index contributed by atoms with van der Waals surface area (Å²) in [4.78, 5) is 14.8. The Hall–Kier alpha value is -2.15. The molecule has 3 rings (SSSR count). The van der Waals surface area contributed by atoms with E-state index in [0.717, 1.165) is 57.0 Å². The number of likely N-dealkylation sites (tertiary alicyclic amines) is 1. The number of hydrogen-bond donors (Lipinski definition) is 1. The molecule has 1 amide bonds. The molecule has 1 aliphatic heterocycles. The molecule has 2 aromatic rings. The van der Waals surface area contributed by atoms with Crippen LogP contribution in [0.1, 0.15) is 37.8 Å². The van der Waals surface area contributed by atoms with E-state index in [9.17, 15) is 4.79 Å². The molecule has 7 nitrogen and oxygen atoms in total. The minimum atomic E-state index is 0.0243. The Morgan fingerprint density at radius 2 is 2.42 bits per heavy atom. The van der Waals surface area contributed by atoms with Gasteiger partial charge in [0.05, 0.1) is 25.3 Å². The van der Waals surface area contributed by atoms with E-state index in [1.807, 2.05) is 16.7 Å². The summed E-state index contributed by atoms with van der Waals surface area (Å²) in [7, 11) is 0. The van der Waals surface area contributed by atoms with Gasteiger partial charge in [0.25, 0.3) is 0 Å². The second-order valence-corrected chi connectivity index (χ2v) is 6.31. The average molecular weight is 331 g/mol. The van der Waals surface area contributed by atoms with Gasteiger partial charge in [0, 0.05) is 13.1 Å². The Morgan fingerprint density at radius 3 is 3.21 bits per heavy atom. The van der Waals surface area contributed by atoms with E-state index in [1.54, 1.807) is 12.6 Å². The van der Waals surface area contributed by atoms with E-state index in [1.165, 1.54) is 0 Å². The third-order valence-electron chi connectivity index (χ3n) is 4.42. The second-order valence-electron chi connectivity index (χ2n) is 6.31. The first-order valence-electron chi connectivity index (χ1n) is 8.65. The number of piperidine rings is 1. The first kappa shape index (κ1) is 16.7. The van der Waals surface area contributed by atoms with Crippen molar-refractivity contribution >= 4 is 5.91 Å². The number of carbonyl (C=O) groups is 1. The highest BCUT2D eigenvalue weighted by molar-refractivity contribution is 5.78. The molecule has 2 aromatic heterocycles. The minimum absolute atomic E-state index is 0.0243. The zero-order valence-corrected chi connectivity index (χ0v) is 14.1. The highest BCUT2D eigenvalue weighted by Gasteiger charge is 2.26. The SMILES string of the molecule is CCCn1cnnc1CNC(=O)[C@H]1CCCN(Cc2ccco2)C1. The van der Waals surface area contributed by atoms with Gasteiger partial charge in [-0.05, 0) is 37.9 Å². The van der Waals surface area contributed by atoms with Gasteiger partial charge >= 0.3 is 0 Å². The Morgan fingerprint density at radius 1 is 1.50 bits per heavy atom. The van der Waals surface area contributed by atoms with E-state index in [0.29, 0.717) is 6.54 Å². The fourth-order valence-electron chi connectivity index (χ4n) is 3.19. The minimum Gasteiger partial charge on any atom is -0.468 e. The van der Waals surface area contributed by atoms with E-state index >= 15 is 0 Å².